The maximum atomic E-state index is 5.88. The molecule has 0 saturated heterocycles. The van der Waals surface area contributed by atoms with Crippen molar-refractivity contribution in [3.63, 3.8) is 0 Å². The fourth-order valence-corrected chi connectivity index (χ4v) is 2.64. The van der Waals surface area contributed by atoms with Crippen LogP contribution in [0.15, 0.2) is 52.9 Å². The lowest BCUT2D eigenvalue weighted by molar-refractivity contribution is -0.0245. The molecule has 4 rings (SSSR count). The van der Waals surface area contributed by atoms with Gasteiger partial charge in [0.1, 0.15) is 5.52 Å². The van der Waals surface area contributed by atoms with Gasteiger partial charge in [-0.1, -0.05) is 24.3 Å². The number of benzene rings is 2. The molecule has 0 amide bonds. The van der Waals surface area contributed by atoms with Crippen molar-refractivity contribution in [1.82, 2.24) is 4.98 Å². The van der Waals surface area contributed by atoms with Crippen LogP contribution >= 0.6 is 0 Å². The lowest BCUT2D eigenvalue weighted by atomic mass is 9.90. The van der Waals surface area contributed by atoms with E-state index < -0.39 is 0 Å². The van der Waals surface area contributed by atoms with E-state index >= 15 is 0 Å². The van der Waals surface area contributed by atoms with Crippen molar-refractivity contribution in [2.45, 2.75) is 31.6 Å². The van der Waals surface area contributed by atoms with Crippen molar-refractivity contribution in [3.8, 4) is 11.5 Å². The van der Waals surface area contributed by atoms with Gasteiger partial charge in [-0.15, -0.1) is 0 Å². The minimum Gasteiger partial charge on any atom is -0.436 e. The van der Waals surface area contributed by atoms with Gasteiger partial charge in [0.25, 0.3) is 0 Å². The number of para-hydroxylation sites is 2. The van der Waals surface area contributed by atoms with E-state index in [0.717, 1.165) is 35.1 Å². The molecule has 0 bridgehead atoms. The van der Waals surface area contributed by atoms with Gasteiger partial charge < -0.3 is 14.9 Å². The smallest absolute Gasteiger partial charge is 0.227 e. The predicted molar refractivity (Wildman–Crippen MR) is 85.2 cm³/mol. The molecule has 112 valence electrons. The van der Waals surface area contributed by atoms with Gasteiger partial charge in [0.15, 0.2) is 5.58 Å². The standard InChI is InChI=1S/C18H18N2O2/c19-14-9-10-16(14)21-11-12-5-7-13(8-6-12)18-20-15-3-1-2-4-17(15)22-18/h1-8,14,16H,9-11,19H2. The van der Waals surface area contributed by atoms with E-state index in [2.05, 4.69) is 4.98 Å². The number of nitrogens with zero attached hydrogens (tertiary/aromatic N) is 1. The average molecular weight is 294 g/mol. The molecule has 0 radical (unpaired) electrons. The molecular formula is C18H18N2O2. The predicted octanol–water partition coefficient (Wildman–Crippen LogP) is 3.50. The molecule has 0 spiro atoms. The summed E-state index contributed by atoms with van der Waals surface area (Å²) in [4.78, 5) is 4.50. The van der Waals surface area contributed by atoms with Gasteiger partial charge >= 0.3 is 0 Å². The first kappa shape index (κ1) is 13.5. The van der Waals surface area contributed by atoms with E-state index in [9.17, 15) is 0 Å². The Hall–Kier alpha value is -2.17. The lowest BCUT2D eigenvalue weighted by Gasteiger charge is -2.33. The van der Waals surface area contributed by atoms with Gasteiger partial charge in [-0.3, -0.25) is 0 Å². The van der Waals surface area contributed by atoms with Crippen LogP contribution in [0.4, 0.5) is 0 Å². The van der Waals surface area contributed by atoms with E-state index in [0.29, 0.717) is 12.5 Å². The first-order chi connectivity index (χ1) is 10.8. The normalized spacial score (nSPS) is 21.0. The quantitative estimate of drug-likeness (QED) is 0.800. The Morgan fingerprint density at radius 2 is 1.91 bits per heavy atom. The van der Waals surface area contributed by atoms with Gasteiger partial charge in [0.2, 0.25) is 5.89 Å². The van der Waals surface area contributed by atoms with E-state index in [1.165, 1.54) is 0 Å². The minimum atomic E-state index is 0.207. The van der Waals surface area contributed by atoms with Gasteiger partial charge in [-0.05, 0) is 42.7 Å². The summed E-state index contributed by atoms with van der Waals surface area (Å²) in [6, 6.07) is 16.1. The zero-order chi connectivity index (χ0) is 14.9. The highest BCUT2D eigenvalue weighted by Crippen LogP contribution is 2.25. The molecule has 1 fully saturated rings. The zero-order valence-electron chi connectivity index (χ0n) is 12.2. The molecule has 4 heteroatoms. The fourth-order valence-electron chi connectivity index (χ4n) is 2.64. The van der Waals surface area contributed by atoms with Crippen molar-refractivity contribution < 1.29 is 9.15 Å². The second-order valence-electron chi connectivity index (χ2n) is 5.77. The van der Waals surface area contributed by atoms with Crippen molar-refractivity contribution in [2.75, 3.05) is 0 Å². The Kier molecular flexibility index (Phi) is 3.41. The number of aromatic nitrogens is 1. The van der Waals surface area contributed by atoms with Crippen molar-refractivity contribution in [3.05, 3.63) is 54.1 Å². The molecule has 3 aromatic rings. The van der Waals surface area contributed by atoms with Crippen molar-refractivity contribution >= 4 is 11.1 Å². The number of hydrogen-bond acceptors (Lipinski definition) is 4. The topological polar surface area (TPSA) is 61.3 Å². The van der Waals surface area contributed by atoms with Crippen LogP contribution in [0.5, 0.6) is 0 Å². The summed E-state index contributed by atoms with van der Waals surface area (Å²) < 4.78 is 11.6. The molecule has 0 aliphatic heterocycles. The number of fused-ring (bicyclic) bond motifs is 1. The SMILES string of the molecule is NC1CCC1OCc1ccc(-c2nc3ccccc3o2)cc1. The van der Waals surface area contributed by atoms with Gasteiger partial charge in [-0.2, -0.15) is 0 Å². The molecule has 1 heterocycles. The zero-order valence-corrected chi connectivity index (χ0v) is 12.2. The van der Waals surface area contributed by atoms with Crippen LogP contribution in [0.1, 0.15) is 18.4 Å². The van der Waals surface area contributed by atoms with Crippen molar-refractivity contribution in [2.24, 2.45) is 5.73 Å². The first-order valence-electron chi connectivity index (χ1n) is 7.62. The molecule has 1 saturated carbocycles. The first-order valence-corrected chi connectivity index (χ1v) is 7.62. The summed E-state index contributed by atoms with van der Waals surface area (Å²) in [5.74, 6) is 0.648. The summed E-state index contributed by atoms with van der Waals surface area (Å²) >= 11 is 0. The largest absolute Gasteiger partial charge is 0.436 e. The summed E-state index contributed by atoms with van der Waals surface area (Å²) in [7, 11) is 0. The van der Waals surface area contributed by atoms with Gasteiger partial charge in [-0.25, -0.2) is 4.98 Å². The van der Waals surface area contributed by atoms with E-state index in [-0.39, 0.29) is 12.1 Å². The van der Waals surface area contributed by atoms with Crippen LogP contribution in [0.3, 0.4) is 0 Å². The number of oxazole rings is 1. The average Bonchev–Trinajstić information content (AvgIpc) is 2.98. The second kappa shape index (κ2) is 5.55. The third-order valence-electron chi connectivity index (χ3n) is 4.22. The molecule has 2 atom stereocenters. The third kappa shape index (κ3) is 2.51. The maximum absolute atomic E-state index is 5.88. The molecule has 2 N–H and O–H groups in total. The Balaban J connectivity index is 1.48. The summed E-state index contributed by atoms with van der Waals surface area (Å²) in [6.45, 7) is 0.603. The summed E-state index contributed by atoms with van der Waals surface area (Å²) in [5, 5.41) is 0. The number of ether oxygens (including phenoxy) is 1. The molecule has 2 aromatic carbocycles. The van der Waals surface area contributed by atoms with Crippen LogP contribution in [-0.2, 0) is 11.3 Å². The Morgan fingerprint density at radius 1 is 1.09 bits per heavy atom. The van der Waals surface area contributed by atoms with Crippen LogP contribution < -0.4 is 5.73 Å². The van der Waals surface area contributed by atoms with Gasteiger partial charge in [0, 0.05) is 11.6 Å². The highest BCUT2D eigenvalue weighted by molar-refractivity contribution is 5.75. The van der Waals surface area contributed by atoms with E-state index in [4.69, 9.17) is 14.9 Å². The molecule has 2 unspecified atom stereocenters. The van der Waals surface area contributed by atoms with E-state index in [1.807, 2.05) is 48.5 Å². The molecular weight excluding hydrogens is 276 g/mol. The lowest BCUT2D eigenvalue weighted by Crippen LogP contribution is -2.45. The fraction of sp³-hybridized carbons (Fsp3) is 0.278. The highest BCUT2D eigenvalue weighted by Gasteiger charge is 2.27. The molecule has 1 aromatic heterocycles. The van der Waals surface area contributed by atoms with Crippen LogP contribution in [0.2, 0.25) is 0 Å². The molecule has 1 aliphatic carbocycles. The molecule has 22 heavy (non-hydrogen) atoms. The summed E-state index contributed by atoms with van der Waals surface area (Å²) in [6.07, 6.45) is 2.36. The van der Waals surface area contributed by atoms with Crippen molar-refractivity contribution in [1.29, 1.82) is 0 Å². The summed E-state index contributed by atoms with van der Waals surface area (Å²) in [5.41, 5.74) is 9.68. The molecule has 4 nitrogen and oxygen atoms in total. The highest BCUT2D eigenvalue weighted by atomic mass is 16.5. The Morgan fingerprint density at radius 3 is 2.59 bits per heavy atom. The van der Waals surface area contributed by atoms with Crippen LogP contribution in [-0.4, -0.2) is 17.1 Å². The Bertz CT molecular complexity index is 746. The van der Waals surface area contributed by atoms with Gasteiger partial charge in [0.05, 0.1) is 12.7 Å². The number of rotatable bonds is 4. The third-order valence-corrected chi connectivity index (χ3v) is 4.22. The van der Waals surface area contributed by atoms with E-state index in [1.54, 1.807) is 0 Å². The second-order valence-corrected chi connectivity index (χ2v) is 5.77. The van der Waals surface area contributed by atoms with Crippen LogP contribution in [0, 0.1) is 0 Å². The molecule has 1 aliphatic rings. The minimum absolute atomic E-state index is 0.207. The monoisotopic (exact) mass is 294 g/mol. The maximum Gasteiger partial charge on any atom is 0.227 e. The Labute approximate surface area is 128 Å². The number of hydrogen-bond donors (Lipinski definition) is 1. The number of nitrogens with two attached hydrogens (primary N) is 1. The van der Waals surface area contributed by atoms with Crippen LogP contribution in [0.25, 0.3) is 22.6 Å².